The normalized spacial score (nSPS) is 12.6. The summed E-state index contributed by atoms with van der Waals surface area (Å²) in [4.78, 5) is 21.2. The number of methoxy groups -OCH3 is 1. The Labute approximate surface area is 77.9 Å². The highest BCUT2D eigenvalue weighted by atomic mass is 16.5. The first kappa shape index (κ1) is 11.9. The molecular formula is C9H15O4-. The maximum atomic E-state index is 10.9. The van der Waals surface area contributed by atoms with Crippen LogP contribution >= 0.6 is 0 Å². The number of hydrogen-bond acceptors (Lipinski definition) is 4. The zero-order valence-electron chi connectivity index (χ0n) is 8.20. The molecule has 0 aliphatic rings. The van der Waals surface area contributed by atoms with Gasteiger partial charge in [-0.1, -0.05) is 13.8 Å². The van der Waals surface area contributed by atoms with Gasteiger partial charge in [0.15, 0.2) is 0 Å². The molecule has 0 aromatic carbocycles. The molecule has 0 rings (SSSR count). The molecule has 0 fully saturated rings. The smallest absolute Gasteiger partial charge is 0.305 e. The molecule has 0 aromatic heterocycles. The van der Waals surface area contributed by atoms with Crippen LogP contribution in [0, 0.1) is 11.8 Å². The maximum absolute atomic E-state index is 10.9. The zero-order valence-corrected chi connectivity index (χ0v) is 8.20. The number of esters is 1. The van der Waals surface area contributed by atoms with Crippen molar-refractivity contribution in [2.45, 2.75) is 26.7 Å². The van der Waals surface area contributed by atoms with Crippen LogP contribution in [-0.2, 0) is 14.3 Å². The summed E-state index contributed by atoms with van der Waals surface area (Å²) in [7, 11) is 1.29. The lowest BCUT2D eigenvalue weighted by Crippen LogP contribution is -2.28. The molecule has 0 N–H and O–H groups in total. The number of carboxylic acids is 1. The van der Waals surface area contributed by atoms with Crippen LogP contribution in [0.1, 0.15) is 26.7 Å². The van der Waals surface area contributed by atoms with Crippen molar-refractivity contribution >= 4 is 11.9 Å². The van der Waals surface area contributed by atoms with E-state index in [1.807, 2.05) is 13.8 Å². The largest absolute Gasteiger partial charge is 0.550 e. The Hall–Kier alpha value is -1.06. The predicted molar refractivity (Wildman–Crippen MR) is 44.6 cm³/mol. The van der Waals surface area contributed by atoms with Gasteiger partial charge in [-0.25, -0.2) is 0 Å². The molecule has 1 unspecified atom stereocenters. The summed E-state index contributed by atoms with van der Waals surface area (Å²) in [5.74, 6) is -1.56. The van der Waals surface area contributed by atoms with Crippen molar-refractivity contribution in [3.8, 4) is 0 Å². The maximum Gasteiger partial charge on any atom is 0.305 e. The molecule has 0 amide bonds. The van der Waals surface area contributed by atoms with Crippen molar-refractivity contribution in [1.82, 2.24) is 0 Å². The summed E-state index contributed by atoms with van der Waals surface area (Å²) in [5.41, 5.74) is 0. The molecule has 0 bridgehead atoms. The quantitative estimate of drug-likeness (QED) is 0.566. The lowest BCUT2D eigenvalue weighted by Gasteiger charge is -2.19. The number of carboxylic acid groups (broad SMARTS) is 1. The van der Waals surface area contributed by atoms with E-state index in [2.05, 4.69) is 4.74 Å². The average molecular weight is 187 g/mol. The summed E-state index contributed by atoms with van der Waals surface area (Å²) >= 11 is 0. The van der Waals surface area contributed by atoms with Gasteiger partial charge in [0.05, 0.1) is 7.11 Å². The van der Waals surface area contributed by atoms with E-state index in [-0.39, 0.29) is 30.6 Å². The first-order valence-corrected chi connectivity index (χ1v) is 4.24. The standard InChI is InChI=1S/C9H16O4/c1-6(2)7(4-8(10)11)5-9(12)13-3/h6-7H,4-5H2,1-3H3,(H,10,11)/p-1. The fourth-order valence-electron chi connectivity index (χ4n) is 1.06. The van der Waals surface area contributed by atoms with Crippen molar-refractivity contribution < 1.29 is 19.4 Å². The molecule has 13 heavy (non-hydrogen) atoms. The van der Waals surface area contributed by atoms with Crippen molar-refractivity contribution in [2.75, 3.05) is 7.11 Å². The molecular weight excluding hydrogens is 172 g/mol. The minimum Gasteiger partial charge on any atom is -0.550 e. The van der Waals surface area contributed by atoms with Crippen LogP contribution < -0.4 is 5.11 Å². The molecule has 0 saturated carbocycles. The van der Waals surface area contributed by atoms with Gasteiger partial charge in [0.25, 0.3) is 0 Å². The third-order valence-electron chi connectivity index (χ3n) is 2.03. The van der Waals surface area contributed by atoms with Crippen LogP contribution in [0.5, 0.6) is 0 Å². The molecule has 0 spiro atoms. The van der Waals surface area contributed by atoms with Gasteiger partial charge in [0.1, 0.15) is 0 Å². The number of aliphatic carboxylic acids is 1. The fourth-order valence-corrected chi connectivity index (χ4v) is 1.06. The first-order valence-electron chi connectivity index (χ1n) is 4.24. The van der Waals surface area contributed by atoms with Crippen molar-refractivity contribution in [3.05, 3.63) is 0 Å². The van der Waals surface area contributed by atoms with Crippen molar-refractivity contribution in [2.24, 2.45) is 11.8 Å². The molecule has 0 saturated heterocycles. The zero-order chi connectivity index (χ0) is 10.4. The summed E-state index contributed by atoms with van der Waals surface area (Å²) < 4.78 is 4.46. The molecule has 1 atom stereocenters. The van der Waals surface area contributed by atoms with E-state index in [0.717, 1.165) is 0 Å². The van der Waals surface area contributed by atoms with Gasteiger partial charge >= 0.3 is 5.97 Å². The Morgan fingerprint density at radius 3 is 2.15 bits per heavy atom. The highest BCUT2D eigenvalue weighted by Crippen LogP contribution is 2.19. The number of carbonyl (C=O) groups excluding carboxylic acids is 2. The second-order valence-corrected chi connectivity index (χ2v) is 3.36. The topological polar surface area (TPSA) is 66.4 Å². The van der Waals surface area contributed by atoms with Crippen LogP contribution in [0.3, 0.4) is 0 Å². The number of ether oxygens (including phenoxy) is 1. The Morgan fingerprint density at radius 2 is 1.85 bits per heavy atom. The number of carbonyl (C=O) groups is 2. The average Bonchev–Trinajstić information content (AvgIpc) is 2.02. The monoisotopic (exact) mass is 187 g/mol. The van der Waals surface area contributed by atoms with Crippen molar-refractivity contribution in [1.29, 1.82) is 0 Å². The molecule has 0 aliphatic carbocycles. The van der Waals surface area contributed by atoms with E-state index < -0.39 is 5.97 Å². The van der Waals surface area contributed by atoms with Crippen LogP contribution in [0.25, 0.3) is 0 Å². The minimum atomic E-state index is -1.12. The van der Waals surface area contributed by atoms with E-state index in [1.54, 1.807) is 0 Å². The third kappa shape index (κ3) is 5.22. The molecule has 0 radical (unpaired) electrons. The third-order valence-corrected chi connectivity index (χ3v) is 2.03. The van der Waals surface area contributed by atoms with Gasteiger partial charge in [0.2, 0.25) is 0 Å². The van der Waals surface area contributed by atoms with E-state index in [9.17, 15) is 14.7 Å². The van der Waals surface area contributed by atoms with E-state index in [4.69, 9.17) is 0 Å². The molecule has 76 valence electrons. The summed E-state index contributed by atoms with van der Waals surface area (Å²) in [6, 6.07) is 0. The predicted octanol–water partition coefficient (Wildman–Crippen LogP) is -0.0383. The lowest BCUT2D eigenvalue weighted by atomic mass is 9.89. The molecule has 4 heteroatoms. The lowest BCUT2D eigenvalue weighted by molar-refractivity contribution is -0.307. The highest BCUT2D eigenvalue weighted by Gasteiger charge is 2.17. The van der Waals surface area contributed by atoms with Gasteiger partial charge in [-0.05, 0) is 18.3 Å². The molecule has 0 aromatic rings. The summed E-state index contributed by atoms with van der Waals surface area (Å²) in [6.45, 7) is 3.74. The van der Waals surface area contributed by atoms with Gasteiger partial charge < -0.3 is 14.6 Å². The van der Waals surface area contributed by atoms with Gasteiger partial charge in [0, 0.05) is 12.4 Å². The van der Waals surface area contributed by atoms with Crippen molar-refractivity contribution in [3.63, 3.8) is 0 Å². The van der Waals surface area contributed by atoms with Gasteiger partial charge in [-0.15, -0.1) is 0 Å². The summed E-state index contributed by atoms with van der Waals surface area (Å²) in [6.07, 6.45) is 0.0505. The first-order chi connectivity index (χ1) is 5.97. The summed E-state index contributed by atoms with van der Waals surface area (Å²) in [5, 5.41) is 10.3. The van der Waals surface area contributed by atoms with Crippen LogP contribution in [0.2, 0.25) is 0 Å². The SMILES string of the molecule is COC(=O)CC(CC(=O)[O-])C(C)C. The number of rotatable bonds is 5. The van der Waals surface area contributed by atoms with E-state index in [0.29, 0.717) is 0 Å². The van der Waals surface area contributed by atoms with Crippen LogP contribution in [-0.4, -0.2) is 19.0 Å². The van der Waals surface area contributed by atoms with Gasteiger partial charge in [-0.2, -0.15) is 0 Å². The van der Waals surface area contributed by atoms with E-state index in [1.165, 1.54) is 7.11 Å². The van der Waals surface area contributed by atoms with Crippen LogP contribution in [0.4, 0.5) is 0 Å². The fraction of sp³-hybridized carbons (Fsp3) is 0.778. The Bertz CT molecular complexity index is 186. The van der Waals surface area contributed by atoms with Gasteiger partial charge in [-0.3, -0.25) is 4.79 Å². The number of hydrogen-bond donors (Lipinski definition) is 0. The van der Waals surface area contributed by atoms with E-state index >= 15 is 0 Å². The Balaban J connectivity index is 4.09. The highest BCUT2D eigenvalue weighted by molar-refractivity contribution is 5.71. The molecule has 0 heterocycles. The molecule has 4 nitrogen and oxygen atoms in total. The minimum absolute atomic E-state index is 0.0905. The Morgan fingerprint density at radius 1 is 1.31 bits per heavy atom. The second kappa shape index (κ2) is 5.56. The molecule has 0 aliphatic heterocycles. The Kier molecular flexibility index (Phi) is 5.11. The van der Waals surface area contributed by atoms with Crippen LogP contribution in [0.15, 0.2) is 0 Å². The second-order valence-electron chi connectivity index (χ2n) is 3.36.